The van der Waals surface area contributed by atoms with E-state index in [9.17, 15) is 13.2 Å². The van der Waals surface area contributed by atoms with E-state index in [1.165, 1.54) is 18.9 Å². The fourth-order valence-corrected chi connectivity index (χ4v) is 3.44. The van der Waals surface area contributed by atoms with Crippen LogP contribution in [0.1, 0.15) is 11.3 Å². The Morgan fingerprint density at radius 3 is 2.63 bits per heavy atom. The Morgan fingerprint density at radius 2 is 1.96 bits per heavy atom. The number of aromatic amines is 1. The fourth-order valence-electron chi connectivity index (χ4n) is 2.53. The van der Waals surface area contributed by atoms with Crippen LogP contribution in [0, 0.1) is 12.7 Å². The zero-order valence-electron chi connectivity index (χ0n) is 14.7. The van der Waals surface area contributed by atoms with E-state index in [1.807, 2.05) is 6.92 Å². The average Bonchev–Trinajstić information content (AvgIpc) is 3.01. The molecule has 0 unspecified atom stereocenters. The highest BCUT2D eigenvalue weighted by molar-refractivity contribution is 7.98. The third kappa shape index (κ3) is 4.05. The zero-order valence-corrected chi connectivity index (χ0v) is 15.5. The summed E-state index contributed by atoms with van der Waals surface area (Å²) in [5.74, 6) is 0.172. The summed E-state index contributed by atoms with van der Waals surface area (Å²) in [6, 6.07) is 2.21. The minimum atomic E-state index is -3.11. The number of ether oxygens (including phenoxy) is 3. The molecule has 1 N–H and O–H groups in total. The number of nitrogens with one attached hydrogen (secondary N) is 1. The van der Waals surface area contributed by atoms with Gasteiger partial charge in [-0.3, -0.25) is 4.98 Å². The first kappa shape index (κ1) is 19.2. The second kappa shape index (κ2) is 7.95. The first-order valence-electron chi connectivity index (χ1n) is 7.76. The van der Waals surface area contributed by atoms with Gasteiger partial charge in [-0.25, -0.2) is 9.37 Å². The molecule has 2 heterocycles. The van der Waals surface area contributed by atoms with Crippen LogP contribution in [0.15, 0.2) is 23.5 Å². The van der Waals surface area contributed by atoms with Gasteiger partial charge >= 0.3 is 6.61 Å². The van der Waals surface area contributed by atoms with Gasteiger partial charge in [-0.1, -0.05) is 11.8 Å². The number of hydrogen-bond donors (Lipinski definition) is 1. The number of pyridine rings is 1. The molecule has 144 valence electrons. The first-order valence-corrected chi connectivity index (χ1v) is 8.74. The van der Waals surface area contributed by atoms with Crippen LogP contribution in [0.2, 0.25) is 0 Å². The van der Waals surface area contributed by atoms with Crippen LogP contribution in [0.4, 0.5) is 13.2 Å². The Labute approximate surface area is 157 Å². The lowest BCUT2D eigenvalue weighted by molar-refractivity contribution is -0.0520. The number of hydrogen-bond acceptors (Lipinski definition) is 6. The normalized spacial score (nSPS) is 11.2. The van der Waals surface area contributed by atoms with Crippen molar-refractivity contribution in [1.82, 2.24) is 15.0 Å². The van der Waals surface area contributed by atoms with Gasteiger partial charge in [0, 0.05) is 23.4 Å². The molecule has 1 aromatic carbocycles. The molecule has 0 fully saturated rings. The Bertz CT molecular complexity index is 965. The van der Waals surface area contributed by atoms with Crippen LogP contribution in [-0.4, -0.2) is 35.8 Å². The fraction of sp³-hybridized carbons (Fsp3) is 0.294. The number of methoxy groups -OCH3 is 2. The van der Waals surface area contributed by atoms with Crippen LogP contribution in [0.3, 0.4) is 0 Å². The molecule has 0 atom stereocenters. The number of aromatic nitrogens is 3. The highest BCUT2D eigenvalue weighted by Crippen LogP contribution is 2.34. The summed E-state index contributed by atoms with van der Waals surface area (Å²) in [7, 11) is 3.08. The predicted octanol–water partition coefficient (Wildman–Crippen LogP) is 4.32. The molecule has 6 nitrogen and oxygen atoms in total. The summed E-state index contributed by atoms with van der Waals surface area (Å²) < 4.78 is 53.2. The molecule has 0 bridgehead atoms. The maximum absolute atomic E-state index is 13.8. The van der Waals surface area contributed by atoms with Crippen molar-refractivity contribution in [3.63, 3.8) is 0 Å². The molecule has 0 aliphatic carbocycles. The maximum atomic E-state index is 13.8. The Morgan fingerprint density at radius 1 is 1.19 bits per heavy atom. The summed E-state index contributed by atoms with van der Waals surface area (Å²) in [5, 5.41) is 0.495. The Kier molecular flexibility index (Phi) is 5.64. The highest BCUT2D eigenvalue weighted by Gasteiger charge is 2.16. The quantitative estimate of drug-likeness (QED) is 0.597. The molecular weight excluding hydrogens is 383 g/mol. The number of thioether (sulfide) groups is 1. The Balaban J connectivity index is 1.81. The highest BCUT2D eigenvalue weighted by atomic mass is 32.2. The second-order valence-electron chi connectivity index (χ2n) is 5.44. The molecule has 0 saturated heterocycles. The molecule has 3 aromatic rings. The smallest absolute Gasteiger partial charge is 0.387 e. The lowest BCUT2D eigenvalue weighted by Gasteiger charge is -2.12. The molecule has 10 heteroatoms. The van der Waals surface area contributed by atoms with Crippen LogP contribution in [0.25, 0.3) is 11.0 Å². The number of halogens is 3. The van der Waals surface area contributed by atoms with Crippen molar-refractivity contribution in [2.24, 2.45) is 0 Å². The predicted molar refractivity (Wildman–Crippen MR) is 94.3 cm³/mol. The van der Waals surface area contributed by atoms with Crippen molar-refractivity contribution < 1.29 is 27.4 Å². The van der Waals surface area contributed by atoms with Crippen molar-refractivity contribution >= 4 is 22.8 Å². The minimum Gasteiger partial charge on any atom is -0.492 e. The number of rotatable bonds is 7. The van der Waals surface area contributed by atoms with E-state index in [-0.39, 0.29) is 0 Å². The van der Waals surface area contributed by atoms with E-state index in [0.717, 1.165) is 23.4 Å². The monoisotopic (exact) mass is 399 g/mol. The van der Waals surface area contributed by atoms with E-state index in [0.29, 0.717) is 33.4 Å². The van der Waals surface area contributed by atoms with Gasteiger partial charge in [0.15, 0.2) is 28.2 Å². The molecule has 0 aliphatic heterocycles. The van der Waals surface area contributed by atoms with Gasteiger partial charge in [-0.2, -0.15) is 8.78 Å². The molecule has 2 aromatic heterocycles. The van der Waals surface area contributed by atoms with Gasteiger partial charge in [-0.15, -0.1) is 0 Å². The first-order chi connectivity index (χ1) is 12.9. The van der Waals surface area contributed by atoms with E-state index >= 15 is 0 Å². The second-order valence-corrected chi connectivity index (χ2v) is 6.40. The summed E-state index contributed by atoms with van der Waals surface area (Å²) >= 11 is 1.33. The molecule has 0 saturated carbocycles. The summed E-state index contributed by atoms with van der Waals surface area (Å²) in [4.78, 5) is 11.6. The van der Waals surface area contributed by atoms with Crippen molar-refractivity contribution in [3.8, 4) is 17.2 Å². The third-order valence-corrected chi connectivity index (χ3v) is 4.72. The molecular formula is C17H16F3N3O3S. The van der Waals surface area contributed by atoms with E-state index < -0.39 is 18.2 Å². The van der Waals surface area contributed by atoms with E-state index in [1.54, 1.807) is 13.3 Å². The van der Waals surface area contributed by atoms with Crippen molar-refractivity contribution in [2.75, 3.05) is 14.2 Å². The average molecular weight is 399 g/mol. The van der Waals surface area contributed by atoms with Gasteiger partial charge in [0.05, 0.1) is 37.1 Å². The van der Waals surface area contributed by atoms with Gasteiger partial charge in [0.1, 0.15) is 0 Å². The van der Waals surface area contributed by atoms with Crippen molar-refractivity contribution in [2.45, 2.75) is 24.4 Å². The van der Waals surface area contributed by atoms with Crippen molar-refractivity contribution in [1.29, 1.82) is 0 Å². The van der Waals surface area contributed by atoms with Gasteiger partial charge in [0.2, 0.25) is 0 Å². The molecule has 27 heavy (non-hydrogen) atoms. The Hall–Kier alpha value is -2.62. The van der Waals surface area contributed by atoms with Gasteiger partial charge < -0.3 is 19.2 Å². The standard InChI is InChI=1S/C17H16F3N3O3S/c1-8-12(21-6-14(24-2)15(8)25-3)7-27-17-22-10-4-9(18)13(26-16(19)20)5-11(10)23-17/h4-6,16H,7H2,1-3H3,(H,22,23). The number of nitrogens with zero attached hydrogens (tertiary/aromatic N) is 2. The van der Waals surface area contributed by atoms with Gasteiger partial charge in [0.25, 0.3) is 0 Å². The number of alkyl halides is 2. The van der Waals surface area contributed by atoms with Crippen LogP contribution in [0.5, 0.6) is 17.2 Å². The lowest BCUT2D eigenvalue weighted by Crippen LogP contribution is -2.03. The summed E-state index contributed by atoms with van der Waals surface area (Å²) in [6.07, 6.45) is 1.57. The summed E-state index contributed by atoms with van der Waals surface area (Å²) in [6.45, 7) is -1.24. The van der Waals surface area contributed by atoms with E-state index in [2.05, 4.69) is 19.7 Å². The lowest BCUT2D eigenvalue weighted by atomic mass is 10.2. The topological polar surface area (TPSA) is 69.3 Å². The van der Waals surface area contributed by atoms with Gasteiger partial charge in [-0.05, 0) is 6.92 Å². The number of H-pyrrole nitrogens is 1. The molecule has 0 radical (unpaired) electrons. The molecule has 3 rings (SSSR count). The number of fused-ring (bicyclic) bond motifs is 1. The van der Waals surface area contributed by atoms with Crippen LogP contribution >= 0.6 is 11.8 Å². The largest absolute Gasteiger partial charge is 0.492 e. The third-order valence-electron chi connectivity index (χ3n) is 3.83. The number of imidazole rings is 1. The maximum Gasteiger partial charge on any atom is 0.387 e. The SMILES string of the molecule is COc1cnc(CSc2nc3cc(OC(F)F)c(F)cc3[nH]2)c(C)c1OC. The van der Waals surface area contributed by atoms with E-state index in [4.69, 9.17) is 9.47 Å². The zero-order chi connectivity index (χ0) is 19.6. The minimum absolute atomic E-state index is 0.326. The number of benzene rings is 1. The van der Waals surface area contributed by atoms with Crippen LogP contribution < -0.4 is 14.2 Å². The summed E-state index contributed by atoms with van der Waals surface area (Å²) in [5.41, 5.74) is 2.31. The van der Waals surface area contributed by atoms with Crippen molar-refractivity contribution in [3.05, 3.63) is 35.4 Å². The molecule has 0 spiro atoms. The molecule has 0 aliphatic rings. The molecule has 0 amide bonds. The van der Waals surface area contributed by atoms with Crippen LogP contribution in [-0.2, 0) is 5.75 Å².